The second-order valence-corrected chi connectivity index (χ2v) is 2.90. The molecule has 0 radical (unpaired) electrons. The van der Waals surface area contributed by atoms with Crippen LogP contribution in [0.25, 0.3) is 0 Å². The third kappa shape index (κ3) is 1.71. The Morgan fingerprint density at radius 2 is 2.27 bits per heavy atom. The standard InChI is InChI=1S/C8H8INO/c9-4-6-2-1-3-7(5-10)8(6)11/h1-3,5,10-11H,4H2. The molecule has 0 bridgehead atoms. The molecule has 0 fully saturated rings. The molecule has 3 heteroatoms. The van der Waals surface area contributed by atoms with Crippen LogP contribution in [0.1, 0.15) is 11.1 Å². The van der Waals surface area contributed by atoms with E-state index in [1.54, 1.807) is 6.07 Å². The Morgan fingerprint density at radius 1 is 1.55 bits per heavy atom. The van der Waals surface area contributed by atoms with Crippen LogP contribution < -0.4 is 0 Å². The summed E-state index contributed by atoms with van der Waals surface area (Å²) in [5, 5.41) is 16.4. The van der Waals surface area contributed by atoms with Crippen molar-refractivity contribution >= 4 is 28.8 Å². The number of benzene rings is 1. The lowest BCUT2D eigenvalue weighted by atomic mass is 10.1. The number of phenols is 1. The van der Waals surface area contributed by atoms with Gasteiger partial charge in [-0.3, -0.25) is 0 Å². The number of rotatable bonds is 2. The van der Waals surface area contributed by atoms with Gasteiger partial charge in [0.1, 0.15) is 5.75 Å². The summed E-state index contributed by atoms with van der Waals surface area (Å²) in [5.74, 6) is 0.233. The fraction of sp³-hybridized carbons (Fsp3) is 0.125. The van der Waals surface area contributed by atoms with E-state index >= 15 is 0 Å². The van der Waals surface area contributed by atoms with E-state index in [1.807, 2.05) is 12.1 Å². The lowest BCUT2D eigenvalue weighted by Gasteiger charge is -2.02. The van der Waals surface area contributed by atoms with Gasteiger partial charge in [-0.2, -0.15) is 0 Å². The lowest BCUT2D eigenvalue weighted by Crippen LogP contribution is -1.85. The van der Waals surface area contributed by atoms with Crippen molar-refractivity contribution in [3.8, 4) is 5.75 Å². The number of aromatic hydroxyl groups is 1. The number of nitrogens with one attached hydrogen (secondary N) is 1. The van der Waals surface area contributed by atoms with E-state index in [-0.39, 0.29) is 5.75 Å². The maximum Gasteiger partial charge on any atom is 0.128 e. The quantitative estimate of drug-likeness (QED) is 0.479. The Bertz CT molecular complexity index is 273. The molecule has 0 amide bonds. The van der Waals surface area contributed by atoms with Crippen LogP contribution in [0.5, 0.6) is 5.75 Å². The molecule has 58 valence electrons. The lowest BCUT2D eigenvalue weighted by molar-refractivity contribution is 0.470. The van der Waals surface area contributed by atoms with E-state index < -0.39 is 0 Å². The highest BCUT2D eigenvalue weighted by Crippen LogP contribution is 2.22. The van der Waals surface area contributed by atoms with Crippen LogP contribution in [0.3, 0.4) is 0 Å². The molecule has 1 aromatic carbocycles. The average Bonchev–Trinajstić information content (AvgIpc) is 2.05. The van der Waals surface area contributed by atoms with E-state index in [0.717, 1.165) is 16.2 Å². The van der Waals surface area contributed by atoms with Gasteiger partial charge < -0.3 is 10.5 Å². The van der Waals surface area contributed by atoms with E-state index in [2.05, 4.69) is 22.6 Å². The molecule has 2 N–H and O–H groups in total. The monoisotopic (exact) mass is 261 g/mol. The van der Waals surface area contributed by atoms with Gasteiger partial charge in [0.25, 0.3) is 0 Å². The zero-order valence-corrected chi connectivity index (χ0v) is 8.00. The van der Waals surface area contributed by atoms with Crippen molar-refractivity contribution in [3.05, 3.63) is 29.3 Å². The number of hydrogen-bond donors (Lipinski definition) is 2. The summed E-state index contributed by atoms with van der Waals surface area (Å²) in [5.41, 5.74) is 1.46. The smallest absolute Gasteiger partial charge is 0.128 e. The van der Waals surface area contributed by atoms with E-state index in [4.69, 9.17) is 5.41 Å². The van der Waals surface area contributed by atoms with Gasteiger partial charge in [0.05, 0.1) is 0 Å². The molecule has 0 aliphatic heterocycles. The number of para-hydroxylation sites is 1. The molecular formula is C8H8INO. The molecule has 0 saturated heterocycles. The van der Waals surface area contributed by atoms with Gasteiger partial charge in [-0.25, -0.2) is 0 Å². The van der Waals surface area contributed by atoms with E-state index in [1.165, 1.54) is 0 Å². The zero-order chi connectivity index (χ0) is 8.27. The second kappa shape index (κ2) is 3.71. The van der Waals surface area contributed by atoms with Gasteiger partial charge in [-0.05, 0) is 6.07 Å². The fourth-order valence-electron chi connectivity index (χ4n) is 0.836. The van der Waals surface area contributed by atoms with Crippen LogP contribution in [0.15, 0.2) is 18.2 Å². The SMILES string of the molecule is N=Cc1cccc(CI)c1O. The Kier molecular flexibility index (Phi) is 2.87. The normalized spacial score (nSPS) is 9.55. The van der Waals surface area contributed by atoms with Gasteiger partial charge >= 0.3 is 0 Å². The molecule has 0 spiro atoms. The predicted octanol–water partition coefficient (Wildman–Crippen LogP) is 2.32. The number of alkyl halides is 1. The highest BCUT2D eigenvalue weighted by atomic mass is 127. The molecule has 0 atom stereocenters. The number of halogens is 1. The summed E-state index contributed by atoms with van der Waals surface area (Å²) in [6.45, 7) is 0. The highest BCUT2D eigenvalue weighted by Gasteiger charge is 2.01. The molecule has 0 unspecified atom stereocenters. The predicted molar refractivity (Wildman–Crippen MR) is 53.7 cm³/mol. The Balaban J connectivity index is 3.20. The minimum Gasteiger partial charge on any atom is -0.507 e. The fourth-order valence-corrected chi connectivity index (χ4v) is 1.45. The van der Waals surface area contributed by atoms with Crippen molar-refractivity contribution in [1.29, 1.82) is 5.41 Å². The first kappa shape index (κ1) is 8.52. The minimum absolute atomic E-state index is 0.233. The van der Waals surface area contributed by atoms with Crippen molar-refractivity contribution in [2.24, 2.45) is 0 Å². The maximum absolute atomic E-state index is 9.43. The number of phenolic OH excluding ortho intramolecular Hbond substituents is 1. The van der Waals surface area contributed by atoms with Crippen molar-refractivity contribution in [2.75, 3.05) is 0 Å². The van der Waals surface area contributed by atoms with Gasteiger partial charge in [-0.15, -0.1) is 0 Å². The molecule has 1 rings (SSSR count). The van der Waals surface area contributed by atoms with E-state index in [0.29, 0.717) is 5.56 Å². The molecule has 0 saturated carbocycles. The molecule has 0 aliphatic rings. The van der Waals surface area contributed by atoms with Gasteiger partial charge in [0.15, 0.2) is 0 Å². The Hall–Kier alpha value is -0.580. The second-order valence-electron chi connectivity index (χ2n) is 2.13. The number of hydrogen-bond acceptors (Lipinski definition) is 2. The van der Waals surface area contributed by atoms with Gasteiger partial charge in [0, 0.05) is 21.8 Å². The summed E-state index contributed by atoms with van der Waals surface area (Å²) >= 11 is 2.18. The largest absolute Gasteiger partial charge is 0.507 e. The first-order valence-electron chi connectivity index (χ1n) is 3.17. The van der Waals surface area contributed by atoms with Crippen molar-refractivity contribution in [3.63, 3.8) is 0 Å². The molecule has 0 aliphatic carbocycles. The highest BCUT2D eigenvalue weighted by molar-refractivity contribution is 14.1. The van der Waals surface area contributed by atoms with Crippen LogP contribution in [0, 0.1) is 5.41 Å². The summed E-state index contributed by atoms with van der Waals surface area (Å²) in [7, 11) is 0. The molecule has 0 aromatic heterocycles. The molecular weight excluding hydrogens is 253 g/mol. The molecule has 2 nitrogen and oxygen atoms in total. The third-order valence-corrected chi connectivity index (χ3v) is 2.27. The molecule has 11 heavy (non-hydrogen) atoms. The summed E-state index contributed by atoms with van der Waals surface area (Å²) in [6.07, 6.45) is 1.16. The topological polar surface area (TPSA) is 44.1 Å². The van der Waals surface area contributed by atoms with Crippen LogP contribution in [0.4, 0.5) is 0 Å². The van der Waals surface area contributed by atoms with Crippen molar-refractivity contribution < 1.29 is 5.11 Å². The first-order chi connectivity index (χ1) is 5.29. The summed E-state index contributed by atoms with van der Waals surface area (Å²) in [4.78, 5) is 0. The van der Waals surface area contributed by atoms with Crippen LogP contribution in [-0.4, -0.2) is 11.3 Å². The molecule has 0 heterocycles. The van der Waals surface area contributed by atoms with Crippen LogP contribution >= 0.6 is 22.6 Å². The van der Waals surface area contributed by atoms with Crippen LogP contribution in [-0.2, 0) is 4.43 Å². The minimum atomic E-state index is 0.233. The van der Waals surface area contributed by atoms with Crippen LogP contribution in [0.2, 0.25) is 0 Å². The summed E-state index contributed by atoms with van der Waals surface area (Å²) in [6, 6.07) is 5.42. The Morgan fingerprint density at radius 3 is 2.82 bits per heavy atom. The maximum atomic E-state index is 9.43. The first-order valence-corrected chi connectivity index (χ1v) is 4.69. The van der Waals surface area contributed by atoms with Gasteiger partial charge in [-0.1, -0.05) is 34.7 Å². The zero-order valence-electron chi connectivity index (χ0n) is 5.84. The van der Waals surface area contributed by atoms with Crippen molar-refractivity contribution in [1.82, 2.24) is 0 Å². The summed E-state index contributed by atoms with van der Waals surface area (Å²) < 4.78 is 0.769. The average molecular weight is 261 g/mol. The third-order valence-electron chi connectivity index (χ3n) is 1.45. The van der Waals surface area contributed by atoms with Gasteiger partial charge in [0.2, 0.25) is 0 Å². The Labute approximate surface area is 78.9 Å². The van der Waals surface area contributed by atoms with E-state index in [9.17, 15) is 5.11 Å². The van der Waals surface area contributed by atoms with Crippen molar-refractivity contribution in [2.45, 2.75) is 4.43 Å². The molecule has 1 aromatic rings.